The third-order valence-electron chi connectivity index (χ3n) is 5.13. The van der Waals surface area contributed by atoms with Crippen LogP contribution in [0.1, 0.15) is 25.7 Å². The molecule has 4 rings (SSSR count). The van der Waals surface area contributed by atoms with E-state index in [4.69, 9.17) is 0 Å². The number of thioether (sulfide) groups is 1. The Bertz CT molecular complexity index is 907. The smallest absolute Gasteiger partial charge is 0.234 e. The van der Waals surface area contributed by atoms with Gasteiger partial charge in [0, 0.05) is 24.8 Å². The van der Waals surface area contributed by atoms with E-state index in [2.05, 4.69) is 25.7 Å². The van der Waals surface area contributed by atoms with E-state index in [9.17, 15) is 14.0 Å². The van der Waals surface area contributed by atoms with Crippen LogP contribution in [0.3, 0.4) is 0 Å². The first kappa shape index (κ1) is 20.6. The summed E-state index contributed by atoms with van der Waals surface area (Å²) in [6.07, 6.45) is 4.03. The van der Waals surface area contributed by atoms with Gasteiger partial charge in [-0.15, -0.1) is 10.2 Å². The molecule has 2 N–H and O–H groups in total. The van der Waals surface area contributed by atoms with Crippen molar-refractivity contribution in [3.05, 3.63) is 42.2 Å². The zero-order chi connectivity index (χ0) is 20.9. The SMILES string of the molecule is O=C(CSc1ccc(N2CCCC(C(=O)NC3CC3)C2)nn1)Nc1cccc(F)c1. The minimum Gasteiger partial charge on any atom is -0.354 e. The van der Waals surface area contributed by atoms with Crippen molar-refractivity contribution in [1.29, 1.82) is 0 Å². The molecule has 1 atom stereocenters. The molecule has 0 bridgehead atoms. The van der Waals surface area contributed by atoms with Gasteiger partial charge < -0.3 is 15.5 Å². The molecule has 1 aliphatic heterocycles. The number of piperidine rings is 1. The zero-order valence-corrected chi connectivity index (χ0v) is 17.3. The summed E-state index contributed by atoms with van der Waals surface area (Å²) >= 11 is 1.26. The summed E-state index contributed by atoms with van der Waals surface area (Å²) in [5.74, 6) is 0.391. The molecular weight excluding hydrogens is 405 g/mol. The van der Waals surface area contributed by atoms with Crippen molar-refractivity contribution in [2.45, 2.75) is 36.8 Å². The zero-order valence-electron chi connectivity index (χ0n) is 16.5. The van der Waals surface area contributed by atoms with Crippen LogP contribution in [0.4, 0.5) is 15.9 Å². The van der Waals surface area contributed by atoms with Gasteiger partial charge in [0.2, 0.25) is 11.8 Å². The summed E-state index contributed by atoms with van der Waals surface area (Å²) in [5, 5.41) is 14.9. The largest absolute Gasteiger partial charge is 0.354 e. The van der Waals surface area contributed by atoms with Gasteiger partial charge in [0.25, 0.3) is 0 Å². The Morgan fingerprint density at radius 1 is 1.17 bits per heavy atom. The standard InChI is InChI=1S/C21H24FN5O2S/c22-15-4-1-5-17(11-15)23-19(28)13-30-20-9-8-18(25-26-20)27-10-2-3-14(12-27)21(29)24-16-6-7-16/h1,4-5,8-9,11,14,16H,2-3,6-7,10,12-13H2,(H,23,28)(H,24,29). The van der Waals surface area contributed by atoms with E-state index in [0.717, 1.165) is 38.0 Å². The number of carbonyl (C=O) groups is 2. The van der Waals surface area contributed by atoms with Gasteiger partial charge in [-0.1, -0.05) is 17.8 Å². The van der Waals surface area contributed by atoms with Crippen LogP contribution in [0.2, 0.25) is 0 Å². The first-order chi connectivity index (χ1) is 14.6. The molecule has 2 heterocycles. The Morgan fingerprint density at radius 2 is 2.03 bits per heavy atom. The molecule has 0 radical (unpaired) electrons. The maximum absolute atomic E-state index is 13.2. The lowest BCUT2D eigenvalue weighted by atomic mass is 9.97. The highest BCUT2D eigenvalue weighted by Gasteiger charge is 2.30. The second-order valence-corrected chi connectivity index (χ2v) is 8.64. The molecule has 1 aromatic carbocycles. The summed E-state index contributed by atoms with van der Waals surface area (Å²) in [6.45, 7) is 1.50. The number of aromatic nitrogens is 2. The molecule has 1 aromatic heterocycles. The van der Waals surface area contributed by atoms with Crippen molar-refractivity contribution in [3.8, 4) is 0 Å². The normalized spacial score (nSPS) is 18.7. The predicted octanol–water partition coefficient (Wildman–Crippen LogP) is 2.84. The molecule has 0 spiro atoms. The van der Waals surface area contributed by atoms with Crippen LogP contribution in [0.25, 0.3) is 0 Å². The fourth-order valence-corrected chi connectivity index (χ4v) is 4.02. The van der Waals surface area contributed by atoms with Gasteiger partial charge in [-0.05, 0) is 56.0 Å². The average Bonchev–Trinajstić information content (AvgIpc) is 3.57. The highest BCUT2D eigenvalue weighted by Crippen LogP contribution is 2.25. The van der Waals surface area contributed by atoms with Gasteiger partial charge in [0.1, 0.15) is 10.8 Å². The average molecular weight is 430 g/mol. The fraction of sp³-hybridized carbons (Fsp3) is 0.429. The van der Waals surface area contributed by atoms with Crippen LogP contribution in [0, 0.1) is 11.7 Å². The summed E-state index contributed by atoms with van der Waals surface area (Å²) in [4.78, 5) is 26.5. The number of nitrogens with one attached hydrogen (secondary N) is 2. The fourth-order valence-electron chi connectivity index (χ4n) is 3.41. The van der Waals surface area contributed by atoms with Crippen molar-refractivity contribution in [1.82, 2.24) is 15.5 Å². The quantitative estimate of drug-likeness (QED) is 0.658. The molecule has 158 valence electrons. The van der Waals surface area contributed by atoms with Crippen LogP contribution in [-0.2, 0) is 9.59 Å². The minimum absolute atomic E-state index is 0.0123. The molecule has 1 unspecified atom stereocenters. The first-order valence-corrected chi connectivity index (χ1v) is 11.1. The number of rotatable bonds is 7. The van der Waals surface area contributed by atoms with E-state index in [-0.39, 0.29) is 23.5 Å². The van der Waals surface area contributed by atoms with Crippen LogP contribution < -0.4 is 15.5 Å². The number of nitrogens with zero attached hydrogens (tertiary/aromatic N) is 3. The van der Waals surface area contributed by atoms with Gasteiger partial charge in [-0.2, -0.15) is 0 Å². The van der Waals surface area contributed by atoms with Crippen molar-refractivity contribution in [2.75, 3.05) is 29.1 Å². The number of carbonyl (C=O) groups excluding carboxylic acids is 2. The number of amides is 2. The van der Waals surface area contributed by atoms with Crippen molar-refractivity contribution < 1.29 is 14.0 Å². The van der Waals surface area contributed by atoms with Crippen LogP contribution in [0.15, 0.2) is 41.4 Å². The first-order valence-electron chi connectivity index (χ1n) is 10.1. The molecule has 1 saturated carbocycles. The van der Waals surface area contributed by atoms with Gasteiger partial charge >= 0.3 is 0 Å². The van der Waals surface area contributed by atoms with Gasteiger partial charge in [0.05, 0.1) is 11.7 Å². The Kier molecular flexibility index (Phi) is 6.47. The second-order valence-electron chi connectivity index (χ2n) is 7.64. The van der Waals surface area contributed by atoms with Crippen LogP contribution >= 0.6 is 11.8 Å². The summed E-state index contributed by atoms with van der Waals surface area (Å²) in [5.41, 5.74) is 0.424. The van der Waals surface area contributed by atoms with E-state index < -0.39 is 5.82 Å². The molecule has 2 fully saturated rings. The summed E-state index contributed by atoms with van der Waals surface area (Å²) in [6, 6.07) is 9.86. The lowest BCUT2D eigenvalue weighted by molar-refractivity contribution is -0.125. The third-order valence-corrected chi connectivity index (χ3v) is 6.05. The van der Waals surface area contributed by atoms with E-state index in [1.165, 1.54) is 23.9 Å². The Labute approximate surface area is 178 Å². The number of halogens is 1. The molecule has 30 heavy (non-hydrogen) atoms. The molecule has 7 nitrogen and oxygen atoms in total. The van der Waals surface area contributed by atoms with E-state index in [1.54, 1.807) is 12.1 Å². The molecular formula is C21H24FN5O2S. The molecule has 2 amide bonds. The van der Waals surface area contributed by atoms with Crippen LogP contribution in [0.5, 0.6) is 0 Å². The van der Waals surface area contributed by atoms with Crippen molar-refractivity contribution >= 4 is 35.1 Å². The van der Waals surface area contributed by atoms with Gasteiger partial charge in [0.15, 0.2) is 5.82 Å². The minimum atomic E-state index is -0.396. The van der Waals surface area contributed by atoms with E-state index in [1.807, 2.05) is 12.1 Å². The Balaban J connectivity index is 1.27. The van der Waals surface area contributed by atoms with Gasteiger partial charge in [-0.3, -0.25) is 9.59 Å². The van der Waals surface area contributed by atoms with Crippen molar-refractivity contribution in [2.24, 2.45) is 5.92 Å². The number of hydrogen-bond acceptors (Lipinski definition) is 6. The number of anilines is 2. The molecule has 1 saturated heterocycles. The lowest BCUT2D eigenvalue weighted by Crippen LogP contribution is -2.44. The van der Waals surface area contributed by atoms with Crippen LogP contribution in [-0.4, -0.2) is 46.9 Å². The lowest BCUT2D eigenvalue weighted by Gasteiger charge is -2.32. The second kappa shape index (κ2) is 9.42. The molecule has 1 aliphatic carbocycles. The maximum atomic E-state index is 13.2. The molecule has 2 aliphatic rings. The Hall–Kier alpha value is -2.68. The predicted molar refractivity (Wildman–Crippen MR) is 114 cm³/mol. The highest BCUT2D eigenvalue weighted by atomic mass is 32.2. The third kappa shape index (κ3) is 5.69. The number of hydrogen-bond donors (Lipinski definition) is 2. The van der Waals surface area contributed by atoms with Crippen molar-refractivity contribution in [3.63, 3.8) is 0 Å². The summed E-state index contributed by atoms with van der Waals surface area (Å²) in [7, 11) is 0. The monoisotopic (exact) mass is 429 g/mol. The summed E-state index contributed by atoms with van der Waals surface area (Å²) < 4.78 is 13.2. The van der Waals surface area contributed by atoms with Gasteiger partial charge in [-0.25, -0.2) is 4.39 Å². The highest BCUT2D eigenvalue weighted by molar-refractivity contribution is 7.99. The number of benzene rings is 1. The molecule has 9 heteroatoms. The van der Waals surface area contributed by atoms with E-state index in [0.29, 0.717) is 23.3 Å². The Morgan fingerprint density at radius 3 is 2.77 bits per heavy atom. The molecule has 2 aromatic rings. The van der Waals surface area contributed by atoms with E-state index >= 15 is 0 Å². The maximum Gasteiger partial charge on any atom is 0.234 e. The topological polar surface area (TPSA) is 87.2 Å².